The molecule has 0 aliphatic carbocycles. The number of furan rings is 1. The molecule has 0 amide bonds. The van der Waals surface area contributed by atoms with Crippen LogP contribution >= 0.6 is 11.3 Å². The summed E-state index contributed by atoms with van der Waals surface area (Å²) in [6.07, 6.45) is 0. The lowest BCUT2D eigenvalue weighted by Gasteiger charge is -2.14. The largest absolute Gasteiger partial charge is 0.438 e. The number of aromatic nitrogens is 4. The molecule has 0 fully saturated rings. The monoisotopic (exact) mass is 758 g/mol. The number of hydrogen-bond donors (Lipinski definition) is 0. The van der Waals surface area contributed by atoms with Gasteiger partial charge in [-0.2, -0.15) is 0 Å². The summed E-state index contributed by atoms with van der Waals surface area (Å²) in [5.41, 5.74) is 8.38. The molecule has 0 spiro atoms. The maximum Gasteiger partial charge on any atom is 0.228 e. The molecule has 0 aliphatic rings. The summed E-state index contributed by atoms with van der Waals surface area (Å²) in [5, 5.41) is 9.04. The second-order valence-electron chi connectivity index (χ2n) is 14.5. The van der Waals surface area contributed by atoms with E-state index in [1.807, 2.05) is 59.9 Å². The fourth-order valence-corrected chi connectivity index (χ4v) is 9.73. The Labute approximate surface area is 336 Å². The molecule has 12 rings (SSSR count). The van der Waals surface area contributed by atoms with Gasteiger partial charge in [0.1, 0.15) is 5.58 Å². The third kappa shape index (κ3) is 5.16. The quantitative estimate of drug-likeness (QED) is 0.175. The van der Waals surface area contributed by atoms with Gasteiger partial charge in [-0.1, -0.05) is 158 Å². The highest BCUT2D eigenvalue weighted by Crippen LogP contribution is 2.44. The first-order chi connectivity index (χ1) is 28.7. The van der Waals surface area contributed by atoms with Crippen LogP contribution in [-0.4, -0.2) is 19.9 Å². The summed E-state index contributed by atoms with van der Waals surface area (Å²) in [6, 6.07) is 63.3. The Bertz CT molecular complexity index is 3590. The van der Waals surface area contributed by atoms with Crippen LogP contribution in [0.2, 0.25) is 0 Å². The molecule has 270 valence electrons. The molecule has 0 unspecified atom stereocenters. The number of thiophene rings is 1. The molecule has 12 aromatic rings. The molecule has 58 heavy (non-hydrogen) atoms. The summed E-state index contributed by atoms with van der Waals surface area (Å²) in [6.45, 7) is 0. The summed E-state index contributed by atoms with van der Waals surface area (Å²) in [4.78, 5) is 20.7. The topological polar surface area (TPSA) is 64.7 Å². The molecule has 4 heterocycles. The number of pyridine rings is 1. The van der Waals surface area contributed by atoms with Crippen molar-refractivity contribution in [1.29, 1.82) is 0 Å². The van der Waals surface area contributed by atoms with Crippen LogP contribution in [0.3, 0.4) is 0 Å². The first kappa shape index (κ1) is 32.7. The Morgan fingerprint density at radius 3 is 1.79 bits per heavy atom. The van der Waals surface area contributed by atoms with E-state index in [1.165, 1.54) is 31.3 Å². The average molecular weight is 759 g/mol. The van der Waals surface area contributed by atoms with Crippen LogP contribution < -0.4 is 0 Å². The van der Waals surface area contributed by atoms with Crippen molar-refractivity contribution in [3.63, 3.8) is 0 Å². The van der Waals surface area contributed by atoms with E-state index in [1.54, 1.807) is 0 Å². The van der Waals surface area contributed by atoms with Gasteiger partial charge in [-0.3, -0.25) is 0 Å². The fraction of sp³-hybridized carbons (Fsp3) is 0. The highest BCUT2D eigenvalue weighted by molar-refractivity contribution is 7.26. The SMILES string of the molecule is c1ccc(-c2nc(-c3cccc(-c4nc5oc6ccccc6c5c5ccccc45)c3)nc(-c3ccc(-c4cccc5c4sc4ccccc45)c4ccccc34)n2)cc1. The van der Waals surface area contributed by atoms with Crippen molar-refractivity contribution in [3.8, 4) is 56.5 Å². The summed E-state index contributed by atoms with van der Waals surface area (Å²) in [7, 11) is 0. The lowest BCUT2D eigenvalue weighted by molar-refractivity contribution is 0.655. The van der Waals surface area contributed by atoms with E-state index in [9.17, 15) is 0 Å². The van der Waals surface area contributed by atoms with Crippen LogP contribution in [0.4, 0.5) is 0 Å². The number of para-hydroxylation sites is 1. The minimum absolute atomic E-state index is 0.586. The maximum atomic E-state index is 6.33. The Hall–Kier alpha value is -7.54. The Balaban J connectivity index is 1.04. The Morgan fingerprint density at radius 2 is 0.948 bits per heavy atom. The highest BCUT2D eigenvalue weighted by atomic mass is 32.1. The smallest absolute Gasteiger partial charge is 0.228 e. The molecule has 0 aliphatic heterocycles. The zero-order valence-corrected chi connectivity index (χ0v) is 31.7. The van der Waals surface area contributed by atoms with Gasteiger partial charge in [-0.05, 0) is 46.0 Å². The van der Waals surface area contributed by atoms with E-state index in [0.717, 1.165) is 65.8 Å². The predicted octanol–water partition coefficient (Wildman–Crippen LogP) is 14.2. The minimum Gasteiger partial charge on any atom is -0.438 e. The normalized spacial score (nSPS) is 11.8. The molecule has 0 N–H and O–H groups in total. The molecule has 6 heteroatoms. The molecule has 8 aromatic carbocycles. The molecule has 0 atom stereocenters. The van der Waals surface area contributed by atoms with E-state index in [0.29, 0.717) is 23.2 Å². The number of fused-ring (bicyclic) bond motifs is 9. The van der Waals surface area contributed by atoms with Gasteiger partial charge in [0.05, 0.1) is 11.1 Å². The van der Waals surface area contributed by atoms with Gasteiger partial charge in [-0.25, -0.2) is 19.9 Å². The van der Waals surface area contributed by atoms with Gasteiger partial charge in [-0.15, -0.1) is 11.3 Å². The standard InChI is InChI=1S/C52H30N4OS/c1-2-14-31(15-3-1)49-54-50(33-17-12-16-32(30-33)47-39-22-7-6-21-38(39)46-43-23-8-10-26-44(43)57-52(46)53-47)56-51(55-49)42-29-28-36(34-18-4-5-19-35(34)42)40-24-13-25-41-37-20-9-11-27-45(37)58-48(40)41/h1-30H. The second kappa shape index (κ2) is 13.0. The van der Waals surface area contributed by atoms with E-state index in [4.69, 9.17) is 24.4 Å². The van der Waals surface area contributed by atoms with Crippen molar-refractivity contribution < 1.29 is 4.42 Å². The lowest BCUT2D eigenvalue weighted by atomic mass is 9.94. The zero-order chi connectivity index (χ0) is 38.2. The molecule has 0 saturated carbocycles. The molecule has 4 aromatic heterocycles. The highest BCUT2D eigenvalue weighted by Gasteiger charge is 2.20. The molecular formula is C52H30N4OS. The van der Waals surface area contributed by atoms with Crippen LogP contribution in [-0.2, 0) is 0 Å². The summed E-state index contributed by atoms with van der Waals surface area (Å²) >= 11 is 1.85. The molecule has 5 nitrogen and oxygen atoms in total. The summed E-state index contributed by atoms with van der Waals surface area (Å²) < 4.78 is 8.91. The number of nitrogens with zero attached hydrogens (tertiary/aromatic N) is 4. The number of rotatable bonds is 5. The third-order valence-corrected chi connectivity index (χ3v) is 12.4. The third-order valence-electron chi connectivity index (χ3n) is 11.2. The van der Waals surface area contributed by atoms with Crippen LogP contribution in [0.1, 0.15) is 0 Å². The van der Waals surface area contributed by atoms with Crippen molar-refractivity contribution in [2.75, 3.05) is 0 Å². The van der Waals surface area contributed by atoms with Gasteiger partial charge in [0, 0.05) is 58.8 Å². The van der Waals surface area contributed by atoms with Crippen molar-refractivity contribution in [2.24, 2.45) is 0 Å². The number of hydrogen-bond acceptors (Lipinski definition) is 6. The second-order valence-corrected chi connectivity index (χ2v) is 15.6. The van der Waals surface area contributed by atoms with Gasteiger partial charge in [0.2, 0.25) is 5.71 Å². The molecular weight excluding hydrogens is 729 g/mol. The maximum absolute atomic E-state index is 6.33. The van der Waals surface area contributed by atoms with Crippen molar-refractivity contribution >= 4 is 75.1 Å². The average Bonchev–Trinajstić information content (AvgIpc) is 3.87. The van der Waals surface area contributed by atoms with Gasteiger partial charge in [0.15, 0.2) is 17.5 Å². The molecule has 0 radical (unpaired) electrons. The first-order valence-corrected chi connectivity index (χ1v) is 20.1. The van der Waals surface area contributed by atoms with Crippen LogP contribution in [0.5, 0.6) is 0 Å². The molecule has 0 bridgehead atoms. The van der Waals surface area contributed by atoms with E-state index in [2.05, 4.69) is 133 Å². The van der Waals surface area contributed by atoms with Crippen LogP contribution in [0.15, 0.2) is 186 Å². The summed E-state index contributed by atoms with van der Waals surface area (Å²) in [5.74, 6) is 1.81. The van der Waals surface area contributed by atoms with Crippen molar-refractivity contribution in [1.82, 2.24) is 19.9 Å². The van der Waals surface area contributed by atoms with Gasteiger partial charge in [0.25, 0.3) is 0 Å². The minimum atomic E-state index is 0.586. The van der Waals surface area contributed by atoms with Crippen molar-refractivity contribution in [2.45, 2.75) is 0 Å². The lowest BCUT2D eigenvalue weighted by Crippen LogP contribution is -2.01. The zero-order valence-electron chi connectivity index (χ0n) is 30.9. The fourth-order valence-electron chi connectivity index (χ4n) is 8.50. The molecule has 0 saturated heterocycles. The van der Waals surface area contributed by atoms with Gasteiger partial charge >= 0.3 is 0 Å². The van der Waals surface area contributed by atoms with Gasteiger partial charge < -0.3 is 4.42 Å². The number of benzene rings is 8. The van der Waals surface area contributed by atoms with Crippen LogP contribution in [0, 0.1) is 0 Å². The van der Waals surface area contributed by atoms with Crippen LogP contribution in [0.25, 0.3) is 120 Å². The van der Waals surface area contributed by atoms with E-state index < -0.39 is 0 Å². The Kier molecular flexibility index (Phi) is 7.33. The predicted molar refractivity (Wildman–Crippen MR) is 240 cm³/mol. The van der Waals surface area contributed by atoms with E-state index in [-0.39, 0.29) is 0 Å². The van der Waals surface area contributed by atoms with E-state index >= 15 is 0 Å². The first-order valence-electron chi connectivity index (χ1n) is 19.3. The van der Waals surface area contributed by atoms with Crippen molar-refractivity contribution in [3.05, 3.63) is 182 Å². The Morgan fingerprint density at radius 1 is 0.362 bits per heavy atom.